The van der Waals surface area contributed by atoms with Crippen LogP contribution in [0.4, 0.5) is 5.69 Å². The molecule has 3 heteroatoms. The molecule has 1 aliphatic heterocycles. The first-order chi connectivity index (χ1) is 8.49. The lowest BCUT2D eigenvalue weighted by molar-refractivity contribution is 0.410. The number of likely N-dealkylation sites (tertiary alicyclic amines) is 1. The van der Waals surface area contributed by atoms with E-state index in [2.05, 4.69) is 44.0 Å². The Labute approximate surface area is 110 Å². The predicted octanol–water partition coefficient (Wildman–Crippen LogP) is 2.67. The Bertz CT molecular complexity index is 453. The second kappa shape index (κ2) is 5.11. The smallest absolute Gasteiger partial charge is 0.104 e. The number of amidine groups is 1. The summed E-state index contributed by atoms with van der Waals surface area (Å²) in [7, 11) is 4.13. The zero-order chi connectivity index (χ0) is 13.3. The van der Waals surface area contributed by atoms with Crippen LogP contribution in [-0.2, 0) is 0 Å². The number of aryl methyl sites for hydroxylation is 2. The molecule has 1 unspecified atom stereocenters. The first-order valence-corrected chi connectivity index (χ1v) is 6.57. The van der Waals surface area contributed by atoms with Gasteiger partial charge in [0.15, 0.2) is 0 Å². The molecule has 0 radical (unpaired) electrons. The summed E-state index contributed by atoms with van der Waals surface area (Å²) < 4.78 is 0. The summed E-state index contributed by atoms with van der Waals surface area (Å²) in [5.74, 6) is 1.12. The molecule has 2 rings (SSSR count). The van der Waals surface area contributed by atoms with Crippen LogP contribution in [0, 0.1) is 25.2 Å². The molecule has 0 spiro atoms. The minimum absolute atomic E-state index is 0.376. The number of anilines is 1. The second-order valence-corrected chi connectivity index (χ2v) is 5.46. The van der Waals surface area contributed by atoms with Gasteiger partial charge in [-0.25, -0.2) is 0 Å². The van der Waals surface area contributed by atoms with E-state index in [0.717, 1.165) is 31.0 Å². The van der Waals surface area contributed by atoms with Crippen LogP contribution in [0.15, 0.2) is 18.2 Å². The van der Waals surface area contributed by atoms with Gasteiger partial charge in [0, 0.05) is 25.2 Å². The fraction of sp³-hybridized carbons (Fsp3) is 0.533. The highest BCUT2D eigenvalue weighted by atomic mass is 15.2. The van der Waals surface area contributed by atoms with E-state index in [1.54, 1.807) is 0 Å². The summed E-state index contributed by atoms with van der Waals surface area (Å²) in [6.07, 6.45) is 1.10. The topological polar surface area (TPSA) is 30.3 Å². The zero-order valence-corrected chi connectivity index (χ0v) is 11.8. The third-order valence-electron chi connectivity index (χ3n) is 4.02. The van der Waals surface area contributed by atoms with Crippen molar-refractivity contribution in [3.8, 4) is 0 Å². The predicted molar refractivity (Wildman–Crippen MR) is 77.6 cm³/mol. The molecule has 0 bridgehead atoms. The van der Waals surface area contributed by atoms with Crippen LogP contribution >= 0.6 is 0 Å². The Morgan fingerprint density at radius 2 is 2.06 bits per heavy atom. The Kier molecular flexibility index (Phi) is 3.71. The van der Waals surface area contributed by atoms with Crippen molar-refractivity contribution in [3.05, 3.63) is 29.3 Å². The fourth-order valence-corrected chi connectivity index (χ4v) is 2.51. The van der Waals surface area contributed by atoms with Crippen LogP contribution in [0.3, 0.4) is 0 Å². The van der Waals surface area contributed by atoms with Gasteiger partial charge in [0.05, 0.1) is 0 Å². The first kappa shape index (κ1) is 13.1. The molecule has 1 fully saturated rings. The van der Waals surface area contributed by atoms with Gasteiger partial charge in [-0.3, -0.25) is 5.41 Å². The molecular formula is C15H23N3. The fourth-order valence-electron chi connectivity index (χ4n) is 2.51. The Hall–Kier alpha value is -1.35. The molecule has 1 saturated heterocycles. The van der Waals surface area contributed by atoms with Gasteiger partial charge in [-0.1, -0.05) is 6.07 Å². The quantitative estimate of drug-likeness (QED) is 0.641. The largest absolute Gasteiger partial charge is 0.333 e. The SMILES string of the molecule is Cc1ccc(N(C)C(=N)C2CCN(C)C2)cc1C. The molecule has 18 heavy (non-hydrogen) atoms. The molecule has 0 saturated carbocycles. The van der Waals surface area contributed by atoms with Gasteiger partial charge in [-0.05, 0) is 57.1 Å². The number of hydrogen-bond donors (Lipinski definition) is 1. The maximum atomic E-state index is 8.34. The molecule has 98 valence electrons. The number of nitrogens with zero attached hydrogens (tertiary/aromatic N) is 2. The lowest BCUT2D eigenvalue weighted by atomic mass is 10.1. The number of rotatable bonds is 2. The van der Waals surface area contributed by atoms with E-state index in [1.807, 2.05) is 11.9 Å². The van der Waals surface area contributed by atoms with Crippen molar-refractivity contribution < 1.29 is 0 Å². The normalized spacial score (nSPS) is 20.1. The van der Waals surface area contributed by atoms with Gasteiger partial charge in [0.1, 0.15) is 5.84 Å². The van der Waals surface area contributed by atoms with Gasteiger partial charge in [0.2, 0.25) is 0 Å². The maximum Gasteiger partial charge on any atom is 0.104 e. The molecule has 3 nitrogen and oxygen atoms in total. The van der Waals surface area contributed by atoms with E-state index >= 15 is 0 Å². The molecule has 0 amide bonds. The number of benzene rings is 1. The monoisotopic (exact) mass is 245 g/mol. The molecule has 1 atom stereocenters. The summed E-state index contributed by atoms with van der Waals surface area (Å²) in [5.41, 5.74) is 3.72. The van der Waals surface area contributed by atoms with Crippen molar-refractivity contribution in [2.75, 3.05) is 32.1 Å². The average molecular weight is 245 g/mol. The molecule has 1 aromatic carbocycles. The molecule has 1 aliphatic rings. The third kappa shape index (κ3) is 2.56. The molecule has 0 aromatic heterocycles. The van der Waals surface area contributed by atoms with E-state index in [0.29, 0.717) is 5.92 Å². The van der Waals surface area contributed by atoms with E-state index < -0.39 is 0 Å². The summed E-state index contributed by atoms with van der Waals surface area (Å²) in [6, 6.07) is 6.41. The highest BCUT2D eigenvalue weighted by Gasteiger charge is 2.26. The van der Waals surface area contributed by atoms with Gasteiger partial charge < -0.3 is 9.80 Å². The van der Waals surface area contributed by atoms with Gasteiger partial charge >= 0.3 is 0 Å². The third-order valence-corrected chi connectivity index (χ3v) is 4.02. The van der Waals surface area contributed by atoms with Crippen LogP contribution in [-0.4, -0.2) is 37.9 Å². The van der Waals surface area contributed by atoms with Crippen molar-refractivity contribution in [1.29, 1.82) is 5.41 Å². The van der Waals surface area contributed by atoms with E-state index in [4.69, 9.17) is 5.41 Å². The van der Waals surface area contributed by atoms with Crippen LogP contribution in [0.5, 0.6) is 0 Å². The minimum Gasteiger partial charge on any atom is -0.333 e. The van der Waals surface area contributed by atoms with Gasteiger partial charge in [0.25, 0.3) is 0 Å². The van der Waals surface area contributed by atoms with Crippen molar-refractivity contribution in [2.24, 2.45) is 5.92 Å². The standard InChI is InChI=1S/C15H23N3/c1-11-5-6-14(9-12(11)2)18(4)15(16)13-7-8-17(3)10-13/h5-6,9,13,16H,7-8,10H2,1-4H3. The first-order valence-electron chi connectivity index (χ1n) is 6.57. The molecule has 1 heterocycles. The summed E-state index contributed by atoms with van der Waals surface area (Å²) in [5, 5.41) is 8.34. The van der Waals surface area contributed by atoms with Crippen molar-refractivity contribution in [3.63, 3.8) is 0 Å². The zero-order valence-electron chi connectivity index (χ0n) is 11.8. The number of hydrogen-bond acceptors (Lipinski definition) is 2. The minimum atomic E-state index is 0.376. The lowest BCUT2D eigenvalue weighted by Crippen LogP contribution is -2.33. The van der Waals surface area contributed by atoms with Crippen molar-refractivity contribution >= 4 is 11.5 Å². The van der Waals surface area contributed by atoms with E-state index in [-0.39, 0.29) is 0 Å². The number of nitrogens with one attached hydrogen (secondary N) is 1. The lowest BCUT2D eigenvalue weighted by Gasteiger charge is -2.25. The molecular weight excluding hydrogens is 222 g/mol. The second-order valence-electron chi connectivity index (χ2n) is 5.46. The van der Waals surface area contributed by atoms with Crippen LogP contribution in [0.25, 0.3) is 0 Å². The van der Waals surface area contributed by atoms with Crippen LogP contribution in [0.1, 0.15) is 17.5 Å². The maximum absolute atomic E-state index is 8.34. The Morgan fingerprint density at radius 3 is 2.61 bits per heavy atom. The summed E-state index contributed by atoms with van der Waals surface area (Å²) >= 11 is 0. The summed E-state index contributed by atoms with van der Waals surface area (Å²) in [4.78, 5) is 4.32. The Morgan fingerprint density at radius 1 is 1.33 bits per heavy atom. The Balaban J connectivity index is 2.12. The average Bonchev–Trinajstić information content (AvgIpc) is 2.77. The van der Waals surface area contributed by atoms with Gasteiger partial charge in [-0.2, -0.15) is 0 Å². The molecule has 0 aliphatic carbocycles. The van der Waals surface area contributed by atoms with E-state index in [1.165, 1.54) is 11.1 Å². The highest BCUT2D eigenvalue weighted by Crippen LogP contribution is 2.23. The highest BCUT2D eigenvalue weighted by molar-refractivity contribution is 5.97. The van der Waals surface area contributed by atoms with E-state index in [9.17, 15) is 0 Å². The van der Waals surface area contributed by atoms with Crippen LogP contribution in [0.2, 0.25) is 0 Å². The molecule has 1 N–H and O–H groups in total. The summed E-state index contributed by atoms with van der Waals surface area (Å²) in [6.45, 7) is 6.36. The van der Waals surface area contributed by atoms with Crippen molar-refractivity contribution in [2.45, 2.75) is 20.3 Å². The molecule has 1 aromatic rings. The van der Waals surface area contributed by atoms with Gasteiger partial charge in [-0.15, -0.1) is 0 Å². The van der Waals surface area contributed by atoms with Crippen LogP contribution < -0.4 is 4.90 Å². The van der Waals surface area contributed by atoms with Crippen molar-refractivity contribution in [1.82, 2.24) is 4.90 Å².